The van der Waals surface area contributed by atoms with Crippen molar-refractivity contribution in [2.45, 2.75) is 18.4 Å². The van der Waals surface area contributed by atoms with Crippen molar-refractivity contribution < 1.29 is 8.42 Å². The fourth-order valence-corrected chi connectivity index (χ4v) is 3.40. The molecule has 0 fully saturated rings. The van der Waals surface area contributed by atoms with E-state index < -0.39 is 10.0 Å². The number of nitrogens with one attached hydrogen (secondary N) is 1. The Balaban J connectivity index is 2.08. The molecule has 0 unspecified atom stereocenters. The first-order valence-electron chi connectivity index (χ1n) is 6.21. The number of nitrogens with zero attached hydrogens (tertiary/aromatic N) is 1. The van der Waals surface area contributed by atoms with Crippen molar-refractivity contribution in [2.24, 2.45) is 5.73 Å². The summed E-state index contributed by atoms with van der Waals surface area (Å²) in [5.41, 5.74) is 6.02. The molecular formula is C14H15N3O2S2. The Kier molecular flexibility index (Phi) is 5.09. The summed E-state index contributed by atoms with van der Waals surface area (Å²) in [7, 11) is -3.54. The lowest BCUT2D eigenvalue weighted by Crippen LogP contribution is -2.23. The van der Waals surface area contributed by atoms with Crippen LogP contribution in [0, 0.1) is 18.8 Å². The van der Waals surface area contributed by atoms with Gasteiger partial charge >= 0.3 is 0 Å². The van der Waals surface area contributed by atoms with E-state index in [0.717, 1.165) is 15.4 Å². The van der Waals surface area contributed by atoms with Crippen molar-refractivity contribution in [3.05, 3.63) is 45.9 Å². The molecule has 0 radical (unpaired) electrons. The molecule has 1 heterocycles. The number of hydrogen-bond acceptors (Lipinski definition) is 5. The van der Waals surface area contributed by atoms with Crippen molar-refractivity contribution >= 4 is 21.4 Å². The SMILES string of the molecule is Cc1cnc(CNS(=O)(=O)c2ccc(C#CCN)cc2)s1. The molecule has 5 nitrogen and oxygen atoms in total. The second-order valence-corrected chi connectivity index (χ2v) is 7.31. The lowest BCUT2D eigenvalue weighted by atomic mass is 10.2. The summed E-state index contributed by atoms with van der Waals surface area (Å²) in [6, 6.07) is 6.36. The molecule has 1 aromatic heterocycles. The van der Waals surface area contributed by atoms with Gasteiger partial charge in [-0.1, -0.05) is 11.8 Å². The Bertz CT molecular complexity index is 769. The molecule has 0 saturated carbocycles. The Labute approximate surface area is 128 Å². The van der Waals surface area contributed by atoms with E-state index in [1.807, 2.05) is 6.92 Å². The third-order valence-corrected chi connectivity index (χ3v) is 4.91. The van der Waals surface area contributed by atoms with Crippen LogP contribution in [-0.4, -0.2) is 19.9 Å². The van der Waals surface area contributed by atoms with Crippen LogP contribution in [0.15, 0.2) is 35.4 Å². The van der Waals surface area contributed by atoms with Crippen LogP contribution in [0.1, 0.15) is 15.4 Å². The molecule has 3 N–H and O–H groups in total. The second kappa shape index (κ2) is 6.83. The van der Waals surface area contributed by atoms with E-state index >= 15 is 0 Å². The first kappa shape index (κ1) is 15.7. The summed E-state index contributed by atoms with van der Waals surface area (Å²) >= 11 is 1.47. The van der Waals surface area contributed by atoms with E-state index in [1.54, 1.807) is 18.3 Å². The molecule has 0 bridgehead atoms. The van der Waals surface area contributed by atoms with Gasteiger partial charge < -0.3 is 5.73 Å². The molecule has 0 amide bonds. The summed E-state index contributed by atoms with van der Waals surface area (Å²) in [5.74, 6) is 5.56. The van der Waals surface area contributed by atoms with Crippen molar-refractivity contribution in [3.63, 3.8) is 0 Å². The van der Waals surface area contributed by atoms with E-state index in [1.165, 1.54) is 23.5 Å². The number of rotatable bonds is 4. The third-order valence-electron chi connectivity index (χ3n) is 2.58. The molecule has 0 saturated heterocycles. The number of hydrogen-bond donors (Lipinski definition) is 2. The molecule has 1 aromatic carbocycles. The number of thiazole rings is 1. The van der Waals surface area contributed by atoms with Crippen LogP contribution in [0.3, 0.4) is 0 Å². The van der Waals surface area contributed by atoms with Gasteiger partial charge in [0, 0.05) is 16.6 Å². The maximum Gasteiger partial charge on any atom is 0.240 e. The minimum Gasteiger partial charge on any atom is -0.320 e. The Morgan fingerprint density at radius 2 is 2.05 bits per heavy atom. The van der Waals surface area contributed by atoms with Crippen LogP contribution in [0.2, 0.25) is 0 Å². The molecule has 0 aliphatic carbocycles. The first-order valence-corrected chi connectivity index (χ1v) is 8.51. The predicted octanol–water partition coefficient (Wildman–Crippen LogP) is 1.24. The molecule has 0 aliphatic heterocycles. The van der Waals surface area contributed by atoms with Crippen LogP contribution in [0.25, 0.3) is 0 Å². The number of aryl methyl sites for hydroxylation is 1. The van der Waals surface area contributed by atoms with Crippen molar-refractivity contribution in [3.8, 4) is 11.8 Å². The number of nitrogens with two attached hydrogens (primary N) is 1. The quantitative estimate of drug-likeness (QED) is 0.830. The van der Waals surface area contributed by atoms with Gasteiger partial charge in [-0.3, -0.25) is 0 Å². The summed E-state index contributed by atoms with van der Waals surface area (Å²) in [4.78, 5) is 5.37. The molecule has 21 heavy (non-hydrogen) atoms. The van der Waals surface area contributed by atoms with E-state index in [2.05, 4.69) is 21.5 Å². The summed E-state index contributed by atoms with van der Waals surface area (Å²) < 4.78 is 26.8. The number of sulfonamides is 1. The average molecular weight is 321 g/mol. The van der Waals surface area contributed by atoms with Crippen LogP contribution >= 0.6 is 11.3 Å². The van der Waals surface area contributed by atoms with Crippen LogP contribution in [0.5, 0.6) is 0 Å². The van der Waals surface area contributed by atoms with Gasteiger partial charge in [0.2, 0.25) is 10.0 Å². The summed E-state index contributed by atoms with van der Waals surface area (Å²) in [6.07, 6.45) is 1.72. The lowest BCUT2D eigenvalue weighted by molar-refractivity contribution is 0.581. The van der Waals surface area contributed by atoms with Gasteiger partial charge in [0.25, 0.3) is 0 Å². The molecule has 0 spiro atoms. The standard InChI is InChI=1S/C14H15N3O2S2/c1-11-9-16-14(20-11)10-17-21(18,19)13-6-4-12(5-7-13)3-2-8-15/h4-7,9,17H,8,10,15H2,1H3. The normalized spacial score (nSPS) is 11.0. The maximum absolute atomic E-state index is 12.1. The Hall–Kier alpha value is -1.72. The smallest absolute Gasteiger partial charge is 0.240 e. The van der Waals surface area contributed by atoms with Gasteiger partial charge in [-0.25, -0.2) is 18.1 Å². The molecule has 0 atom stereocenters. The van der Waals surface area contributed by atoms with Crippen molar-refractivity contribution in [2.75, 3.05) is 6.54 Å². The zero-order valence-electron chi connectivity index (χ0n) is 11.5. The second-order valence-electron chi connectivity index (χ2n) is 4.22. The molecule has 7 heteroatoms. The zero-order valence-corrected chi connectivity index (χ0v) is 13.1. The largest absolute Gasteiger partial charge is 0.320 e. The zero-order chi connectivity index (χ0) is 15.3. The van der Waals surface area contributed by atoms with Gasteiger partial charge in [-0.15, -0.1) is 11.3 Å². The molecule has 2 rings (SSSR count). The molecule has 110 valence electrons. The highest BCUT2D eigenvalue weighted by molar-refractivity contribution is 7.89. The number of aromatic nitrogens is 1. The van der Waals surface area contributed by atoms with Gasteiger partial charge in [0.1, 0.15) is 5.01 Å². The van der Waals surface area contributed by atoms with Crippen LogP contribution in [-0.2, 0) is 16.6 Å². The van der Waals surface area contributed by atoms with E-state index in [0.29, 0.717) is 0 Å². The monoisotopic (exact) mass is 321 g/mol. The third kappa shape index (κ3) is 4.37. The van der Waals surface area contributed by atoms with Crippen molar-refractivity contribution in [1.82, 2.24) is 9.71 Å². The van der Waals surface area contributed by atoms with Gasteiger partial charge in [-0.05, 0) is 31.2 Å². The highest BCUT2D eigenvalue weighted by Gasteiger charge is 2.14. The fourth-order valence-electron chi connectivity index (χ4n) is 1.59. The Morgan fingerprint density at radius 3 is 2.62 bits per heavy atom. The minimum atomic E-state index is -3.54. The number of benzene rings is 1. The maximum atomic E-state index is 12.1. The lowest BCUT2D eigenvalue weighted by Gasteiger charge is -2.05. The van der Waals surface area contributed by atoms with E-state index in [-0.39, 0.29) is 18.0 Å². The van der Waals surface area contributed by atoms with Gasteiger partial charge in [-0.2, -0.15) is 0 Å². The fraction of sp³-hybridized carbons (Fsp3) is 0.214. The van der Waals surface area contributed by atoms with E-state index in [9.17, 15) is 8.42 Å². The summed E-state index contributed by atoms with van der Waals surface area (Å²) in [5, 5.41) is 0.738. The highest BCUT2D eigenvalue weighted by Crippen LogP contribution is 2.13. The molecule has 0 aliphatic rings. The van der Waals surface area contributed by atoms with Gasteiger partial charge in [0.05, 0.1) is 18.0 Å². The van der Waals surface area contributed by atoms with Crippen molar-refractivity contribution in [1.29, 1.82) is 0 Å². The first-order chi connectivity index (χ1) is 10.0. The average Bonchev–Trinajstić information content (AvgIpc) is 2.89. The topological polar surface area (TPSA) is 85.1 Å². The molecular weight excluding hydrogens is 306 g/mol. The van der Waals surface area contributed by atoms with Gasteiger partial charge in [0.15, 0.2) is 0 Å². The predicted molar refractivity (Wildman–Crippen MR) is 83.3 cm³/mol. The Morgan fingerprint density at radius 1 is 1.33 bits per heavy atom. The molecule has 2 aromatic rings. The van der Waals surface area contributed by atoms with Crippen LogP contribution < -0.4 is 10.5 Å². The summed E-state index contributed by atoms with van der Waals surface area (Å²) in [6.45, 7) is 2.39. The minimum absolute atomic E-state index is 0.190. The van der Waals surface area contributed by atoms with Crippen LogP contribution in [0.4, 0.5) is 0 Å². The van der Waals surface area contributed by atoms with E-state index in [4.69, 9.17) is 5.73 Å². The highest BCUT2D eigenvalue weighted by atomic mass is 32.2.